The van der Waals surface area contributed by atoms with E-state index in [1.807, 2.05) is 45.8 Å². The number of nitrogen functional groups attached to an aromatic ring is 1. The molecule has 1 amide bonds. The number of amides is 1. The third kappa shape index (κ3) is 11.3. The van der Waals surface area contributed by atoms with Crippen LogP contribution >= 0.6 is 11.5 Å². The van der Waals surface area contributed by atoms with Gasteiger partial charge in [0.25, 0.3) is 0 Å². The second-order valence-corrected chi connectivity index (χ2v) is 18.3. The number of aliphatic imine (C=N–C) groups is 1. The van der Waals surface area contributed by atoms with E-state index in [0.29, 0.717) is 22.8 Å². The molecule has 5 rings (SSSR count). The van der Waals surface area contributed by atoms with Gasteiger partial charge in [-0.15, -0.1) is 0 Å². The average molecular weight is 888 g/mol. The number of hydrogen-bond donors (Lipinski definition) is 3. The van der Waals surface area contributed by atoms with E-state index >= 15 is 0 Å². The van der Waals surface area contributed by atoms with E-state index in [0.717, 1.165) is 17.1 Å². The Balaban J connectivity index is 1.64. The van der Waals surface area contributed by atoms with Crippen molar-refractivity contribution in [3.63, 3.8) is 0 Å². The van der Waals surface area contributed by atoms with Crippen LogP contribution in [-0.2, 0) is 49.5 Å². The van der Waals surface area contributed by atoms with Crippen LogP contribution in [0.5, 0.6) is 0 Å². The highest BCUT2D eigenvalue weighted by Gasteiger charge is 2.53. The molecule has 0 spiro atoms. The number of anilines is 1. The number of carbonyl (C=O) groups excluding carboxylic acids is 3. The van der Waals surface area contributed by atoms with Crippen molar-refractivity contribution in [3.05, 3.63) is 24.0 Å². The van der Waals surface area contributed by atoms with Crippen molar-refractivity contribution >= 4 is 46.6 Å². The van der Waals surface area contributed by atoms with Crippen LogP contribution in [-0.4, -0.2) is 140 Å². The first-order valence-corrected chi connectivity index (χ1v) is 22.2. The molecule has 13 atom stereocenters. The summed E-state index contributed by atoms with van der Waals surface area (Å²) < 4.78 is 36.6. The first-order chi connectivity index (χ1) is 29.2. The monoisotopic (exact) mass is 887 g/mol. The van der Waals surface area contributed by atoms with E-state index < -0.39 is 77.3 Å². The van der Waals surface area contributed by atoms with Crippen LogP contribution in [0.1, 0.15) is 93.7 Å². The smallest absolute Gasteiger partial charge is 0.316 e. The Kier molecular flexibility index (Phi) is 16.5. The summed E-state index contributed by atoms with van der Waals surface area (Å²) >= 11 is 1.16. The van der Waals surface area contributed by atoms with Gasteiger partial charge in [0, 0.05) is 41.8 Å². The Morgan fingerprint density at radius 2 is 1.82 bits per heavy atom. The van der Waals surface area contributed by atoms with Gasteiger partial charge in [-0.25, -0.2) is 4.99 Å². The average Bonchev–Trinajstić information content (AvgIpc) is 3.67. The number of aliphatic hydroxyl groups excluding tert-OH is 1. The van der Waals surface area contributed by atoms with E-state index in [1.54, 1.807) is 40.0 Å². The lowest BCUT2D eigenvalue weighted by atomic mass is 9.73. The Morgan fingerprint density at radius 1 is 1.10 bits per heavy atom. The number of aromatic nitrogens is 3. The van der Waals surface area contributed by atoms with E-state index in [1.165, 1.54) is 13.8 Å². The van der Waals surface area contributed by atoms with Crippen LogP contribution in [0.3, 0.4) is 0 Å². The molecule has 0 aliphatic carbocycles. The van der Waals surface area contributed by atoms with Crippen LogP contribution in [0.2, 0.25) is 0 Å². The molecular formula is C43H65N7O11S. The van der Waals surface area contributed by atoms with Gasteiger partial charge < -0.3 is 49.4 Å². The van der Waals surface area contributed by atoms with Gasteiger partial charge in [0.05, 0.1) is 42.8 Å². The second-order valence-electron chi connectivity index (χ2n) is 17.5. The molecule has 2 aromatic rings. The zero-order valence-corrected chi connectivity index (χ0v) is 38.6. The van der Waals surface area contributed by atoms with Crippen molar-refractivity contribution in [2.24, 2.45) is 33.8 Å². The standard InChI is InChI=1S/C43H65N7O11S/c1-12-31-43(9,55)37-24(5)33(46-32(51)13-2)22(3)17-42(8,57-20-29(19-56-37)48-58-21-28-15-14-27(18-45-28)38-47-41(44)49-62-38)36(25(6)34(52)26(7)39(54)60-31)61-40-35(53)30(50(10)11)16-23(4)59-40/h14-15,18,22-26,30-31,35-37,40,53,55H,12-13,16-17,19-21H2,1-11H3,(H2,44,49)/b46-33?,48-29+/t22-,23-,24+,25+,26-,30+,31-,35-,36-,37-,40+,42?,43?/m1/s1. The van der Waals surface area contributed by atoms with Crippen molar-refractivity contribution < 1.29 is 53.1 Å². The number of Topliss-reactive ketones (excluding diaryl/α,β-unsaturated/α-hetero) is 1. The molecule has 0 radical (unpaired) electrons. The maximum absolute atomic E-state index is 14.6. The van der Waals surface area contributed by atoms with Crippen molar-refractivity contribution in [1.29, 1.82) is 0 Å². The zero-order valence-electron chi connectivity index (χ0n) is 37.8. The van der Waals surface area contributed by atoms with Crippen LogP contribution in [0.15, 0.2) is 28.5 Å². The fourth-order valence-electron chi connectivity index (χ4n) is 8.83. The minimum atomic E-state index is -1.87. The number of hydrogen-bond acceptors (Lipinski definition) is 18. The third-order valence-electron chi connectivity index (χ3n) is 12.3. The Bertz CT molecular complexity index is 1930. The van der Waals surface area contributed by atoms with Crippen LogP contribution in [0.25, 0.3) is 10.6 Å². The van der Waals surface area contributed by atoms with Crippen molar-refractivity contribution in [2.75, 3.05) is 33.0 Å². The number of ketones is 1. The minimum Gasteiger partial charge on any atom is -0.459 e. The molecule has 2 unspecified atom stereocenters. The molecule has 0 aromatic carbocycles. The van der Waals surface area contributed by atoms with Crippen molar-refractivity contribution in [1.82, 2.24) is 19.2 Å². The lowest BCUT2D eigenvalue weighted by Crippen LogP contribution is -2.60. The topological polar surface area (TPSA) is 240 Å². The molecule has 3 aliphatic heterocycles. The van der Waals surface area contributed by atoms with Gasteiger partial charge in [-0.05, 0) is 90.6 Å². The number of carbonyl (C=O) groups is 3. The molecular weight excluding hydrogens is 823 g/mol. The molecule has 62 heavy (non-hydrogen) atoms. The molecule has 3 fully saturated rings. The minimum absolute atomic E-state index is 0.0328. The predicted molar refractivity (Wildman–Crippen MR) is 231 cm³/mol. The SMILES string of the molecule is CCC(=O)N=C1[C@H](C)CC2(C)OC/C(=N/OCc3ccc(-c4nc(N)ns4)cn3)CO[C@H]([C@H]1C)C(C)(O)[C@@H](CC)OC(=O)[C@H](C)C(=O)[C@H](C)[C@H]2O[C@@H]1O[C@H](C)C[C@H](N(C)C)[C@H]1O. The number of likely N-dealkylation sites (N-methyl/N-ethyl adjacent to an activating group) is 1. The summed E-state index contributed by atoms with van der Waals surface area (Å²) in [6.07, 6.45) is -3.48. The van der Waals surface area contributed by atoms with Gasteiger partial charge >= 0.3 is 5.97 Å². The van der Waals surface area contributed by atoms with Gasteiger partial charge in [-0.2, -0.15) is 9.36 Å². The quantitative estimate of drug-likeness (QED) is 0.183. The summed E-state index contributed by atoms with van der Waals surface area (Å²) in [5, 5.41) is 29.3. The molecule has 3 aliphatic rings. The number of cyclic esters (lactones) is 1. The van der Waals surface area contributed by atoms with Gasteiger partial charge in [-0.3, -0.25) is 19.4 Å². The van der Waals surface area contributed by atoms with Crippen molar-refractivity contribution in [3.8, 4) is 10.6 Å². The third-order valence-corrected chi connectivity index (χ3v) is 13.1. The lowest BCUT2D eigenvalue weighted by Gasteiger charge is -2.47. The molecule has 4 N–H and O–H groups in total. The summed E-state index contributed by atoms with van der Waals surface area (Å²) in [7, 11) is 3.72. The molecule has 0 saturated carbocycles. The van der Waals surface area contributed by atoms with Crippen LogP contribution in [0.4, 0.5) is 5.95 Å². The molecule has 18 nitrogen and oxygen atoms in total. The normalized spacial score (nSPS) is 36.8. The highest BCUT2D eigenvalue weighted by atomic mass is 32.1. The zero-order chi connectivity index (χ0) is 45.7. The summed E-state index contributed by atoms with van der Waals surface area (Å²) in [5.41, 5.74) is 4.39. The van der Waals surface area contributed by atoms with Crippen molar-refractivity contribution in [2.45, 2.75) is 149 Å². The summed E-state index contributed by atoms with van der Waals surface area (Å²) in [4.78, 5) is 62.7. The number of aliphatic hydroxyl groups is 2. The number of nitrogens with zero attached hydrogens (tertiary/aromatic N) is 6. The highest BCUT2D eigenvalue weighted by Crippen LogP contribution is 2.40. The van der Waals surface area contributed by atoms with Crippen LogP contribution in [0, 0.1) is 23.7 Å². The fraction of sp³-hybridized carbons (Fsp3) is 0.721. The van der Waals surface area contributed by atoms with E-state index in [4.69, 9.17) is 34.3 Å². The molecule has 3 saturated heterocycles. The Hall–Kier alpha value is -3.82. The fourth-order valence-corrected chi connectivity index (χ4v) is 9.41. The summed E-state index contributed by atoms with van der Waals surface area (Å²) in [6, 6.07) is 3.25. The predicted octanol–water partition coefficient (Wildman–Crippen LogP) is 4.01. The number of rotatable bonds is 9. The number of ether oxygens (including phenoxy) is 5. The van der Waals surface area contributed by atoms with Gasteiger partial charge in [-0.1, -0.05) is 39.8 Å². The molecule has 19 heteroatoms. The van der Waals surface area contributed by atoms with Crippen LogP contribution < -0.4 is 5.73 Å². The first-order valence-electron chi connectivity index (χ1n) is 21.4. The van der Waals surface area contributed by atoms with E-state index in [2.05, 4.69) is 24.5 Å². The Morgan fingerprint density at radius 3 is 2.44 bits per heavy atom. The van der Waals surface area contributed by atoms with E-state index in [9.17, 15) is 24.6 Å². The van der Waals surface area contributed by atoms with E-state index in [-0.39, 0.29) is 68.8 Å². The second kappa shape index (κ2) is 20.8. The van der Waals surface area contributed by atoms with Gasteiger partial charge in [0.1, 0.15) is 34.4 Å². The molecule has 2 bridgehead atoms. The lowest BCUT2D eigenvalue weighted by molar-refractivity contribution is -0.296. The largest absolute Gasteiger partial charge is 0.459 e. The summed E-state index contributed by atoms with van der Waals surface area (Å²) in [5.74, 6) is -5.13. The number of pyridine rings is 1. The number of esters is 1. The van der Waals surface area contributed by atoms with Gasteiger partial charge in [0.2, 0.25) is 11.9 Å². The first kappa shape index (κ1) is 49.2. The number of fused-ring (bicyclic) bond motifs is 5. The highest BCUT2D eigenvalue weighted by molar-refractivity contribution is 7.09. The molecule has 5 heterocycles. The number of nitrogens with two attached hydrogens (primary N) is 1. The van der Waals surface area contributed by atoms with Gasteiger partial charge in [0.15, 0.2) is 18.7 Å². The maximum Gasteiger partial charge on any atom is 0.316 e. The maximum atomic E-state index is 14.6. The summed E-state index contributed by atoms with van der Waals surface area (Å²) in [6.45, 7) is 15.0. The number of oxime groups is 1. The Labute approximate surface area is 368 Å². The molecule has 2 aromatic heterocycles. The molecule has 344 valence electrons.